The highest BCUT2D eigenvalue weighted by molar-refractivity contribution is 7.15. The average Bonchev–Trinajstić information content (AvgIpc) is 2.93. The smallest absolute Gasteiger partial charge is 0.226 e. The summed E-state index contributed by atoms with van der Waals surface area (Å²) in [4.78, 5) is 29.5. The molecule has 2 aliphatic rings. The Balaban J connectivity index is 1.21. The molecule has 0 spiro atoms. The van der Waals surface area contributed by atoms with Gasteiger partial charge in [0.2, 0.25) is 11.8 Å². The van der Waals surface area contributed by atoms with Crippen LogP contribution < -0.4 is 15.4 Å². The third-order valence-corrected chi connectivity index (χ3v) is 6.20. The highest BCUT2D eigenvalue weighted by Gasteiger charge is 2.16. The lowest BCUT2D eigenvalue weighted by Gasteiger charge is -2.17. The lowest BCUT2D eigenvalue weighted by atomic mass is 10.0. The Bertz CT molecular complexity index is 854. The average molecular weight is 400 g/mol. The lowest BCUT2D eigenvalue weighted by molar-refractivity contribution is -0.117. The first-order chi connectivity index (χ1) is 13.7. The molecule has 0 fully saturated rings. The quantitative estimate of drug-likeness (QED) is 0.566. The van der Waals surface area contributed by atoms with Crippen LogP contribution in [0.15, 0.2) is 18.2 Å². The molecule has 0 atom stereocenters. The van der Waals surface area contributed by atoms with E-state index in [9.17, 15) is 9.59 Å². The number of thiazole rings is 1. The van der Waals surface area contributed by atoms with E-state index < -0.39 is 0 Å². The molecular weight excluding hydrogens is 374 g/mol. The van der Waals surface area contributed by atoms with Crippen molar-refractivity contribution in [1.29, 1.82) is 0 Å². The number of amides is 2. The minimum Gasteiger partial charge on any atom is -0.494 e. The van der Waals surface area contributed by atoms with Gasteiger partial charge in [0, 0.05) is 23.4 Å². The number of carbonyl (C=O) groups excluding carboxylic acids is 2. The van der Waals surface area contributed by atoms with Crippen LogP contribution in [0.1, 0.15) is 54.7 Å². The Hall–Kier alpha value is -2.41. The first-order valence-electron chi connectivity index (χ1n) is 10.0. The minimum absolute atomic E-state index is 0.0133. The topological polar surface area (TPSA) is 80.3 Å². The number of hydrogen-bond donors (Lipinski definition) is 2. The van der Waals surface area contributed by atoms with Gasteiger partial charge < -0.3 is 15.4 Å². The predicted molar refractivity (Wildman–Crippen MR) is 110 cm³/mol. The molecule has 0 saturated heterocycles. The summed E-state index contributed by atoms with van der Waals surface area (Å²) < 4.78 is 5.77. The van der Waals surface area contributed by atoms with Gasteiger partial charge in [0.15, 0.2) is 5.13 Å². The number of rotatable bonds is 6. The fourth-order valence-corrected chi connectivity index (χ4v) is 4.70. The second-order valence-electron chi connectivity index (χ2n) is 7.32. The zero-order chi connectivity index (χ0) is 19.3. The fourth-order valence-electron chi connectivity index (χ4n) is 3.64. The Morgan fingerprint density at radius 3 is 3.00 bits per heavy atom. The molecule has 2 N–H and O–H groups in total. The van der Waals surface area contributed by atoms with Crippen molar-refractivity contribution in [2.75, 3.05) is 17.2 Å². The SMILES string of the molecule is O=C(CCCOc1ccc2c(c1)CCC(=O)N2)Nc1nc2c(s1)CCCCC2. The minimum atomic E-state index is -0.0133. The number of carbonyl (C=O) groups is 2. The second kappa shape index (κ2) is 8.73. The van der Waals surface area contributed by atoms with Gasteiger partial charge >= 0.3 is 0 Å². The van der Waals surface area contributed by atoms with E-state index in [-0.39, 0.29) is 11.8 Å². The van der Waals surface area contributed by atoms with Crippen LogP contribution in [0, 0.1) is 0 Å². The van der Waals surface area contributed by atoms with E-state index in [0.29, 0.717) is 25.9 Å². The number of benzene rings is 1. The molecular formula is C21H25N3O3S. The summed E-state index contributed by atoms with van der Waals surface area (Å²) in [5.74, 6) is 0.823. The Morgan fingerprint density at radius 1 is 1.18 bits per heavy atom. The van der Waals surface area contributed by atoms with E-state index in [1.807, 2.05) is 18.2 Å². The van der Waals surface area contributed by atoms with Crippen LogP contribution in [0.25, 0.3) is 0 Å². The number of nitrogens with zero attached hydrogens (tertiary/aromatic N) is 1. The van der Waals surface area contributed by atoms with Gasteiger partial charge in [-0.05, 0) is 62.3 Å². The summed E-state index contributed by atoms with van der Waals surface area (Å²) in [6, 6.07) is 5.70. The molecule has 28 heavy (non-hydrogen) atoms. The van der Waals surface area contributed by atoms with Crippen molar-refractivity contribution < 1.29 is 14.3 Å². The molecule has 6 nitrogen and oxygen atoms in total. The zero-order valence-electron chi connectivity index (χ0n) is 15.9. The van der Waals surface area contributed by atoms with Crippen molar-refractivity contribution >= 4 is 34.0 Å². The largest absolute Gasteiger partial charge is 0.494 e. The maximum atomic E-state index is 12.2. The van der Waals surface area contributed by atoms with Crippen molar-refractivity contribution in [3.63, 3.8) is 0 Å². The Kier molecular flexibility index (Phi) is 5.90. The van der Waals surface area contributed by atoms with Crippen molar-refractivity contribution in [2.45, 2.75) is 57.8 Å². The molecule has 1 aliphatic carbocycles. The molecule has 2 aromatic rings. The van der Waals surface area contributed by atoms with Crippen molar-refractivity contribution in [1.82, 2.24) is 4.98 Å². The maximum absolute atomic E-state index is 12.2. The fraction of sp³-hybridized carbons (Fsp3) is 0.476. The number of aryl methyl sites for hydroxylation is 3. The van der Waals surface area contributed by atoms with Crippen LogP contribution in [0.3, 0.4) is 0 Å². The van der Waals surface area contributed by atoms with Crippen LogP contribution in [0.2, 0.25) is 0 Å². The third kappa shape index (κ3) is 4.70. The first-order valence-corrected chi connectivity index (χ1v) is 10.8. The van der Waals surface area contributed by atoms with E-state index in [0.717, 1.165) is 41.4 Å². The van der Waals surface area contributed by atoms with Gasteiger partial charge in [-0.25, -0.2) is 4.98 Å². The van der Waals surface area contributed by atoms with Crippen LogP contribution in [-0.2, 0) is 28.9 Å². The number of fused-ring (bicyclic) bond motifs is 2. The van der Waals surface area contributed by atoms with E-state index in [4.69, 9.17) is 4.74 Å². The predicted octanol–water partition coefficient (Wildman–Crippen LogP) is 4.09. The lowest BCUT2D eigenvalue weighted by Crippen LogP contribution is -2.18. The maximum Gasteiger partial charge on any atom is 0.226 e. The number of hydrogen-bond acceptors (Lipinski definition) is 5. The van der Waals surface area contributed by atoms with Crippen LogP contribution >= 0.6 is 11.3 Å². The highest BCUT2D eigenvalue weighted by atomic mass is 32.1. The van der Waals surface area contributed by atoms with Gasteiger partial charge in [0.25, 0.3) is 0 Å². The van der Waals surface area contributed by atoms with Crippen LogP contribution in [-0.4, -0.2) is 23.4 Å². The molecule has 1 aliphatic heterocycles. The summed E-state index contributed by atoms with van der Waals surface area (Å²) in [6.07, 6.45) is 8.08. The van der Waals surface area contributed by atoms with Crippen molar-refractivity contribution in [2.24, 2.45) is 0 Å². The molecule has 0 radical (unpaired) electrons. The third-order valence-electron chi connectivity index (χ3n) is 5.13. The Morgan fingerprint density at radius 2 is 2.07 bits per heavy atom. The molecule has 148 valence electrons. The summed E-state index contributed by atoms with van der Waals surface area (Å²) in [5.41, 5.74) is 3.13. The molecule has 0 unspecified atom stereocenters. The van der Waals surface area contributed by atoms with Gasteiger partial charge in [-0.3, -0.25) is 9.59 Å². The number of ether oxygens (including phenoxy) is 1. The summed E-state index contributed by atoms with van der Waals surface area (Å²) in [6.45, 7) is 0.479. The second-order valence-corrected chi connectivity index (χ2v) is 8.40. The molecule has 1 aromatic heterocycles. The summed E-state index contributed by atoms with van der Waals surface area (Å²) in [5, 5.41) is 6.53. The zero-order valence-corrected chi connectivity index (χ0v) is 16.7. The standard InChI is InChI=1S/C21H25N3O3S/c25-19(24-21-23-17-5-2-1-3-6-18(17)28-21)7-4-12-27-15-9-10-16-14(13-15)8-11-20(26)22-16/h9-10,13H,1-8,11-12H2,(H,22,26)(H,23,24,25). The Labute approximate surface area is 168 Å². The van der Waals surface area contributed by atoms with Crippen molar-refractivity contribution in [3.05, 3.63) is 34.3 Å². The molecule has 2 heterocycles. The molecule has 0 saturated carbocycles. The molecule has 1 aromatic carbocycles. The first kappa shape index (κ1) is 18.9. The molecule has 2 amide bonds. The van der Waals surface area contributed by atoms with Crippen molar-refractivity contribution in [3.8, 4) is 5.75 Å². The van der Waals surface area contributed by atoms with E-state index in [1.54, 1.807) is 11.3 Å². The number of nitrogens with one attached hydrogen (secondary N) is 2. The summed E-state index contributed by atoms with van der Waals surface area (Å²) in [7, 11) is 0. The van der Waals surface area contributed by atoms with Gasteiger partial charge in [0.1, 0.15) is 5.75 Å². The van der Waals surface area contributed by atoms with Crippen LogP contribution in [0.4, 0.5) is 10.8 Å². The van der Waals surface area contributed by atoms with E-state index >= 15 is 0 Å². The number of anilines is 2. The number of aromatic nitrogens is 1. The van der Waals surface area contributed by atoms with Gasteiger partial charge in [0.05, 0.1) is 12.3 Å². The van der Waals surface area contributed by atoms with Gasteiger partial charge in [-0.15, -0.1) is 11.3 Å². The normalized spacial score (nSPS) is 15.8. The highest BCUT2D eigenvalue weighted by Crippen LogP contribution is 2.29. The van der Waals surface area contributed by atoms with E-state index in [2.05, 4.69) is 15.6 Å². The van der Waals surface area contributed by atoms with Gasteiger partial charge in [-0.1, -0.05) is 6.42 Å². The van der Waals surface area contributed by atoms with E-state index in [1.165, 1.54) is 29.8 Å². The van der Waals surface area contributed by atoms with Crippen LogP contribution in [0.5, 0.6) is 5.75 Å². The van der Waals surface area contributed by atoms with Gasteiger partial charge in [-0.2, -0.15) is 0 Å². The molecule has 0 bridgehead atoms. The molecule has 7 heteroatoms. The molecule has 4 rings (SSSR count). The summed E-state index contributed by atoms with van der Waals surface area (Å²) >= 11 is 1.62. The monoisotopic (exact) mass is 399 g/mol.